The monoisotopic (exact) mass is 242 g/mol. The molecule has 0 unspecified atom stereocenters. The molecule has 82 valence electrons. The van der Waals surface area contributed by atoms with E-state index in [2.05, 4.69) is 0 Å². The molecule has 0 bridgehead atoms. The van der Waals surface area contributed by atoms with Gasteiger partial charge in [-0.25, -0.2) is 0 Å². The zero-order valence-corrected chi connectivity index (χ0v) is 8.30. The summed E-state index contributed by atoms with van der Waals surface area (Å²) >= 11 is 5.73. The molecule has 0 fully saturated rings. The lowest BCUT2D eigenvalue weighted by atomic mass is 10.2. The maximum atomic E-state index is 10.7. The third-order valence-corrected chi connectivity index (χ3v) is 2.42. The minimum absolute atomic E-state index is 0.0689. The lowest BCUT2D eigenvalue weighted by molar-refractivity contribution is -0.393. The van der Waals surface area contributed by atoms with Crippen molar-refractivity contribution < 1.29 is 14.3 Å². The summed E-state index contributed by atoms with van der Waals surface area (Å²) in [6.07, 6.45) is 1.19. The molecule has 7 nitrogen and oxygen atoms in total. The number of nitrogens with zero attached hydrogens (tertiary/aromatic N) is 2. The highest BCUT2D eigenvalue weighted by Gasteiger charge is 2.26. The van der Waals surface area contributed by atoms with Crippen LogP contribution in [0.4, 0.5) is 11.4 Å². The Morgan fingerprint density at radius 1 is 1.19 bits per heavy atom. The molecule has 2 rings (SSSR count). The van der Waals surface area contributed by atoms with Crippen molar-refractivity contribution in [1.82, 2.24) is 0 Å². The summed E-state index contributed by atoms with van der Waals surface area (Å²) < 4.78 is 4.88. The van der Waals surface area contributed by atoms with E-state index < -0.39 is 21.2 Å². The number of furan rings is 1. The fourth-order valence-electron chi connectivity index (χ4n) is 1.35. The van der Waals surface area contributed by atoms with E-state index in [1.165, 1.54) is 12.3 Å². The number of hydrogen-bond acceptors (Lipinski definition) is 5. The van der Waals surface area contributed by atoms with Gasteiger partial charge in [0.1, 0.15) is 5.02 Å². The molecule has 16 heavy (non-hydrogen) atoms. The topological polar surface area (TPSA) is 99.4 Å². The fraction of sp³-hybridized carbons (Fsp3) is 0. The summed E-state index contributed by atoms with van der Waals surface area (Å²) in [4.78, 5) is 19.8. The van der Waals surface area contributed by atoms with E-state index in [0.717, 1.165) is 6.07 Å². The molecule has 2 aromatic rings. The Morgan fingerprint density at radius 2 is 1.81 bits per heavy atom. The maximum absolute atomic E-state index is 10.7. The van der Waals surface area contributed by atoms with Crippen molar-refractivity contribution in [3.05, 3.63) is 43.6 Å². The van der Waals surface area contributed by atoms with Gasteiger partial charge in [0.25, 0.3) is 5.69 Å². The van der Waals surface area contributed by atoms with Crippen molar-refractivity contribution >= 4 is 33.9 Å². The highest BCUT2D eigenvalue weighted by Crippen LogP contribution is 2.39. The van der Waals surface area contributed by atoms with Crippen LogP contribution < -0.4 is 0 Å². The highest BCUT2D eigenvalue weighted by molar-refractivity contribution is 6.37. The number of halogens is 1. The summed E-state index contributed by atoms with van der Waals surface area (Å²) in [6, 6.07) is 2.13. The van der Waals surface area contributed by atoms with Gasteiger partial charge in [0.15, 0.2) is 0 Å². The molecular formula is C8H3ClN2O5. The lowest BCUT2D eigenvalue weighted by Gasteiger charge is -1.97. The molecule has 1 heterocycles. The zero-order valence-electron chi connectivity index (χ0n) is 7.55. The summed E-state index contributed by atoms with van der Waals surface area (Å²) in [7, 11) is 0. The summed E-state index contributed by atoms with van der Waals surface area (Å²) in [6.45, 7) is 0. The molecule has 0 aliphatic heterocycles. The van der Waals surface area contributed by atoms with Crippen molar-refractivity contribution in [1.29, 1.82) is 0 Å². The summed E-state index contributed by atoms with van der Waals surface area (Å²) in [5.41, 5.74) is -1.06. The molecule has 8 heteroatoms. The van der Waals surface area contributed by atoms with Gasteiger partial charge in [-0.1, -0.05) is 11.6 Å². The van der Waals surface area contributed by atoms with Gasteiger partial charge in [-0.05, 0) is 6.07 Å². The second-order valence-electron chi connectivity index (χ2n) is 2.91. The van der Waals surface area contributed by atoms with Crippen LogP contribution in [0.25, 0.3) is 11.0 Å². The van der Waals surface area contributed by atoms with E-state index in [1.807, 2.05) is 0 Å². The Labute approximate surface area is 92.5 Å². The van der Waals surface area contributed by atoms with Crippen molar-refractivity contribution in [3.8, 4) is 0 Å². The molecule has 1 aromatic carbocycles. The zero-order chi connectivity index (χ0) is 11.9. The normalized spacial score (nSPS) is 10.6. The molecular weight excluding hydrogens is 240 g/mol. The van der Waals surface area contributed by atoms with Crippen LogP contribution in [-0.2, 0) is 0 Å². The van der Waals surface area contributed by atoms with Gasteiger partial charge in [0.05, 0.1) is 27.6 Å². The molecule has 0 saturated carbocycles. The number of nitro groups is 2. The second-order valence-corrected chi connectivity index (χ2v) is 3.28. The van der Waals surface area contributed by atoms with Crippen LogP contribution in [0.1, 0.15) is 0 Å². The number of non-ortho nitro benzene ring substituents is 1. The van der Waals surface area contributed by atoms with Crippen molar-refractivity contribution in [3.63, 3.8) is 0 Å². The first-order valence-corrected chi connectivity index (χ1v) is 4.38. The van der Waals surface area contributed by atoms with Crippen molar-refractivity contribution in [2.24, 2.45) is 0 Å². The Bertz CT molecular complexity index is 606. The minimum atomic E-state index is -0.776. The van der Waals surface area contributed by atoms with E-state index in [9.17, 15) is 20.2 Å². The van der Waals surface area contributed by atoms with E-state index in [-0.39, 0.29) is 16.0 Å². The molecule has 0 spiro atoms. The Kier molecular flexibility index (Phi) is 2.24. The Morgan fingerprint density at radius 3 is 2.38 bits per heavy atom. The largest absolute Gasteiger partial charge is 0.457 e. The molecule has 0 N–H and O–H groups in total. The first kappa shape index (κ1) is 10.4. The van der Waals surface area contributed by atoms with Gasteiger partial charge in [0, 0.05) is 0 Å². The molecule has 0 aliphatic carbocycles. The van der Waals surface area contributed by atoms with Crippen LogP contribution in [0.3, 0.4) is 0 Å². The molecule has 1 aromatic heterocycles. The lowest BCUT2D eigenvalue weighted by Crippen LogP contribution is -1.94. The van der Waals surface area contributed by atoms with Gasteiger partial charge in [-0.15, -0.1) is 0 Å². The number of hydrogen-bond donors (Lipinski definition) is 0. The van der Waals surface area contributed by atoms with Crippen molar-refractivity contribution in [2.45, 2.75) is 0 Å². The van der Waals surface area contributed by atoms with Crippen LogP contribution in [0.5, 0.6) is 0 Å². The van der Waals surface area contributed by atoms with Crippen LogP contribution in [0, 0.1) is 20.2 Å². The average molecular weight is 243 g/mol. The minimum Gasteiger partial charge on any atom is -0.457 e. The molecule has 0 amide bonds. The summed E-state index contributed by atoms with van der Waals surface area (Å²) in [5, 5.41) is 21.3. The third-order valence-electron chi connectivity index (χ3n) is 2.03. The van der Waals surface area contributed by atoms with E-state index >= 15 is 0 Å². The number of nitro benzene ring substituents is 2. The molecule has 0 aliphatic rings. The number of rotatable bonds is 2. The quantitative estimate of drug-likeness (QED) is 0.595. The molecule has 0 atom stereocenters. The average Bonchev–Trinajstić information content (AvgIpc) is 2.66. The first-order valence-electron chi connectivity index (χ1n) is 4.01. The molecule has 0 saturated heterocycles. The van der Waals surface area contributed by atoms with Gasteiger partial charge in [-0.2, -0.15) is 0 Å². The van der Waals surface area contributed by atoms with Gasteiger partial charge < -0.3 is 4.42 Å². The second kappa shape index (κ2) is 3.46. The Hall–Kier alpha value is -2.15. The molecule has 0 radical (unpaired) electrons. The van der Waals surface area contributed by atoms with E-state index in [1.54, 1.807) is 0 Å². The summed E-state index contributed by atoms with van der Waals surface area (Å²) in [5.74, 6) is 0. The van der Waals surface area contributed by atoms with E-state index in [0.29, 0.717) is 0 Å². The van der Waals surface area contributed by atoms with E-state index in [4.69, 9.17) is 16.0 Å². The number of benzene rings is 1. The standard InChI is InChI=1S/C8H3ClN2O5/c9-7-4-1-2-16-8(4)6(11(14)15)3-5(7)10(12)13/h1-3H. The predicted octanol–water partition coefficient (Wildman–Crippen LogP) is 2.90. The van der Waals surface area contributed by atoms with Crippen LogP contribution >= 0.6 is 11.6 Å². The SMILES string of the molecule is O=[N+]([O-])c1cc([N+](=O)[O-])c2occc2c1Cl. The highest BCUT2D eigenvalue weighted by atomic mass is 35.5. The van der Waals surface area contributed by atoms with Crippen LogP contribution in [-0.4, -0.2) is 9.85 Å². The Balaban J connectivity index is 2.90. The van der Waals surface area contributed by atoms with Crippen LogP contribution in [0.2, 0.25) is 5.02 Å². The van der Waals surface area contributed by atoms with Gasteiger partial charge in [-0.3, -0.25) is 20.2 Å². The third kappa shape index (κ3) is 1.38. The van der Waals surface area contributed by atoms with Gasteiger partial charge >= 0.3 is 5.69 Å². The predicted molar refractivity (Wildman–Crippen MR) is 54.5 cm³/mol. The van der Waals surface area contributed by atoms with Crippen molar-refractivity contribution in [2.75, 3.05) is 0 Å². The first-order chi connectivity index (χ1) is 7.52. The maximum Gasteiger partial charge on any atom is 0.319 e. The fourth-order valence-corrected chi connectivity index (χ4v) is 1.62. The smallest absolute Gasteiger partial charge is 0.319 e. The number of fused-ring (bicyclic) bond motifs is 1. The van der Waals surface area contributed by atoms with Crippen LogP contribution in [0.15, 0.2) is 22.8 Å². The van der Waals surface area contributed by atoms with Gasteiger partial charge in [0.2, 0.25) is 5.58 Å².